The molecule has 0 aliphatic carbocycles. The quantitative estimate of drug-likeness (QED) is 0.522. The number of amides is 1. The molecule has 0 fully saturated rings. The summed E-state index contributed by atoms with van der Waals surface area (Å²) in [5.74, 6) is 1.08. The van der Waals surface area contributed by atoms with Crippen LogP contribution in [0.15, 0.2) is 53.7 Å². The zero-order valence-electron chi connectivity index (χ0n) is 12.3. The number of rotatable bonds is 5. The van der Waals surface area contributed by atoms with E-state index in [1.165, 1.54) is 13.3 Å². The number of carbonyl (C=O) groups excluding carboxylic acids is 1. The Morgan fingerprint density at radius 3 is 2.50 bits per heavy atom. The lowest BCUT2D eigenvalue weighted by Crippen LogP contribution is -2.10. The maximum Gasteiger partial charge on any atom is 0.437 e. The molecule has 0 saturated carbocycles. The average molecular weight is 300 g/mol. The number of methoxy groups -OCH3 is 2. The third kappa shape index (κ3) is 3.99. The molecule has 2 rings (SSSR count). The number of nitrogens with one attached hydrogen (secondary N) is 1. The number of hydrogen-bond donors (Lipinski definition) is 1. The summed E-state index contributed by atoms with van der Waals surface area (Å²) in [4.78, 5) is 16.3. The van der Waals surface area contributed by atoms with Crippen molar-refractivity contribution in [1.29, 1.82) is 0 Å². The summed E-state index contributed by atoms with van der Waals surface area (Å²) in [6, 6.07) is 14.3. The van der Waals surface area contributed by atoms with Crippen LogP contribution < -0.4 is 14.8 Å². The van der Waals surface area contributed by atoms with E-state index < -0.39 is 6.09 Å². The highest BCUT2D eigenvalue weighted by Gasteiger charge is 2.08. The zero-order valence-corrected chi connectivity index (χ0v) is 12.3. The molecule has 0 radical (unpaired) electrons. The SMILES string of the molecule is COc1cccc(/C=N/OC(=O)Nc2ccccc2)c1OC. The van der Waals surface area contributed by atoms with E-state index in [1.807, 2.05) is 6.07 Å². The van der Waals surface area contributed by atoms with Crippen LogP contribution >= 0.6 is 0 Å². The fourth-order valence-electron chi connectivity index (χ4n) is 1.81. The van der Waals surface area contributed by atoms with Crippen molar-refractivity contribution in [2.24, 2.45) is 5.16 Å². The van der Waals surface area contributed by atoms with Crippen LogP contribution in [0.2, 0.25) is 0 Å². The normalized spacial score (nSPS) is 10.3. The zero-order chi connectivity index (χ0) is 15.8. The van der Waals surface area contributed by atoms with E-state index in [-0.39, 0.29) is 0 Å². The second-order valence-electron chi connectivity index (χ2n) is 4.19. The van der Waals surface area contributed by atoms with Gasteiger partial charge in [-0.2, -0.15) is 0 Å². The average Bonchev–Trinajstić information content (AvgIpc) is 2.55. The fraction of sp³-hybridized carbons (Fsp3) is 0.125. The Labute approximate surface area is 128 Å². The van der Waals surface area contributed by atoms with Crippen LogP contribution in [0.4, 0.5) is 10.5 Å². The third-order valence-corrected chi connectivity index (χ3v) is 2.78. The van der Waals surface area contributed by atoms with Crippen LogP contribution in [0.25, 0.3) is 0 Å². The molecule has 0 bridgehead atoms. The molecule has 0 heterocycles. The molecular formula is C16H16N2O4. The van der Waals surface area contributed by atoms with Gasteiger partial charge in [-0.15, -0.1) is 0 Å². The Kier molecular flexibility index (Phi) is 5.37. The van der Waals surface area contributed by atoms with E-state index in [0.717, 1.165) is 0 Å². The molecule has 22 heavy (non-hydrogen) atoms. The highest BCUT2D eigenvalue weighted by molar-refractivity contribution is 5.87. The maximum atomic E-state index is 11.6. The summed E-state index contributed by atoms with van der Waals surface area (Å²) in [7, 11) is 3.07. The Morgan fingerprint density at radius 2 is 1.82 bits per heavy atom. The molecule has 0 aliphatic heterocycles. The molecule has 2 aromatic carbocycles. The van der Waals surface area contributed by atoms with E-state index in [2.05, 4.69) is 10.5 Å². The maximum absolute atomic E-state index is 11.6. The van der Waals surface area contributed by atoms with E-state index in [1.54, 1.807) is 49.6 Å². The van der Waals surface area contributed by atoms with Crippen LogP contribution in [0, 0.1) is 0 Å². The van der Waals surface area contributed by atoms with Crippen LogP contribution in [0.1, 0.15) is 5.56 Å². The number of oxime groups is 1. The Hall–Kier alpha value is -3.02. The van der Waals surface area contributed by atoms with Gasteiger partial charge in [0.1, 0.15) is 0 Å². The van der Waals surface area contributed by atoms with Crippen molar-refractivity contribution >= 4 is 18.0 Å². The largest absolute Gasteiger partial charge is 0.493 e. The molecule has 6 nitrogen and oxygen atoms in total. The minimum atomic E-state index is -0.677. The molecule has 2 aromatic rings. The van der Waals surface area contributed by atoms with Gasteiger partial charge in [-0.3, -0.25) is 10.2 Å². The van der Waals surface area contributed by atoms with Crippen molar-refractivity contribution in [1.82, 2.24) is 0 Å². The number of nitrogens with zero attached hydrogens (tertiary/aromatic N) is 1. The Balaban J connectivity index is 1.99. The highest BCUT2D eigenvalue weighted by Crippen LogP contribution is 2.29. The second kappa shape index (κ2) is 7.68. The van der Waals surface area contributed by atoms with Gasteiger partial charge in [0.25, 0.3) is 0 Å². The van der Waals surface area contributed by atoms with E-state index in [9.17, 15) is 4.79 Å². The van der Waals surface area contributed by atoms with Gasteiger partial charge in [0.2, 0.25) is 0 Å². The van der Waals surface area contributed by atoms with Crippen LogP contribution in [-0.4, -0.2) is 26.5 Å². The van der Waals surface area contributed by atoms with Crippen LogP contribution in [0.5, 0.6) is 11.5 Å². The first kappa shape index (κ1) is 15.4. The molecule has 0 saturated heterocycles. The summed E-state index contributed by atoms with van der Waals surface area (Å²) in [6.07, 6.45) is 0.704. The first-order valence-electron chi connectivity index (χ1n) is 6.52. The summed E-state index contributed by atoms with van der Waals surface area (Å²) in [6.45, 7) is 0. The van der Waals surface area contributed by atoms with E-state index in [4.69, 9.17) is 14.3 Å². The lowest BCUT2D eigenvalue weighted by Gasteiger charge is -2.09. The number of benzene rings is 2. The molecule has 1 N–H and O–H groups in total. The lowest BCUT2D eigenvalue weighted by atomic mass is 10.2. The number of anilines is 1. The van der Waals surface area contributed by atoms with Gasteiger partial charge in [-0.25, -0.2) is 4.79 Å². The summed E-state index contributed by atoms with van der Waals surface area (Å²) >= 11 is 0. The summed E-state index contributed by atoms with van der Waals surface area (Å²) in [5.41, 5.74) is 1.26. The third-order valence-electron chi connectivity index (χ3n) is 2.78. The number of para-hydroxylation sites is 2. The van der Waals surface area contributed by atoms with Gasteiger partial charge in [0, 0.05) is 11.3 Å². The van der Waals surface area contributed by atoms with Crippen molar-refractivity contribution in [3.8, 4) is 11.5 Å². The number of carbonyl (C=O) groups is 1. The predicted octanol–water partition coefficient (Wildman–Crippen LogP) is 3.29. The predicted molar refractivity (Wildman–Crippen MR) is 83.7 cm³/mol. The number of ether oxygens (including phenoxy) is 2. The first-order chi connectivity index (χ1) is 10.7. The van der Waals surface area contributed by atoms with Gasteiger partial charge in [-0.05, 0) is 24.3 Å². The number of hydrogen-bond acceptors (Lipinski definition) is 5. The van der Waals surface area contributed by atoms with Crippen molar-refractivity contribution in [3.63, 3.8) is 0 Å². The topological polar surface area (TPSA) is 69.2 Å². The summed E-state index contributed by atoms with van der Waals surface area (Å²) in [5, 5.41) is 6.20. The Morgan fingerprint density at radius 1 is 1.05 bits per heavy atom. The van der Waals surface area contributed by atoms with Crippen molar-refractivity contribution in [2.45, 2.75) is 0 Å². The van der Waals surface area contributed by atoms with E-state index in [0.29, 0.717) is 22.7 Å². The van der Waals surface area contributed by atoms with Gasteiger partial charge in [0.05, 0.1) is 20.4 Å². The smallest absolute Gasteiger partial charge is 0.437 e. The minimum absolute atomic E-state index is 0.515. The molecule has 1 amide bonds. The molecule has 6 heteroatoms. The van der Waals surface area contributed by atoms with Crippen LogP contribution in [0.3, 0.4) is 0 Å². The van der Waals surface area contributed by atoms with Crippen molar-refractivity contribution in [3.05, 3.63) is 54.1 Å². The second-order valence-corrected chi connectivity index (χ2v) is 4.19. The lowest BCUT2D eigenvalue weighted by molar-refractivity contribution is 0.167. The molecule has 0 aromatic heterocycles. The molecule has 0 spiro atoms. The molecule has 0 aliphatic rings. The van der Waals surface area contributed by atoms with Gasteiger partial charge in [-0.1, -0.05) is 29.4 Å². The summed E-state index contributed by atoms with van der Waals surface area (Å²) < 4.78 is 10.4. The van der Waals surface area contributed by atoms with Crippen molar-refractivity contribution < 1.29 is 19.1 Å². The first-order valence-corrected chi connectivity index (χ1v) is 6.52. The Bertz CT molecular complexity index is 656. The van der Waals surface area contributed by atoms with Gasteiger partial charge >= 0.3 is 6.09 Å². The standard InChI is InChI=1S/C16H16N2O4/c1-20-14-10-6-7-12(15(14)21-2)11-17-22-16(19)18-13-8-4-3-5-9-13/h3-11H,1-2H3,(H,18,19)/b17-11+. The highest BCUT2D eigenvalue weighted by atomic mass is 16.7. The van der Waals surface area contributed by atoms with E-state index >= 15 is 0 Å². The van der Waals surface area contributed by atoms with Gasteiger partial charge in [0.15, 0.2) is 11.5 Å². The van der Waals surface area contributed by atoms with Crippen molar-refractivity contribution in [2.75, 3.05) is 19.5 Å². The van der Waals surface area contributed by atoms with Gasteiger partial charge < -0.3 is 9.47 Å². The minimum Gasteiger partial charge on any atom is -0.493 e. The molecule has 0 unspecified atom stereocenters. The molecule has 114 valence electrons. The fourth-order valence-corrected chi connectivity index (χ4v) is 1.81. The molecule has 0 atom stereocenters. The van der Waals surface area contributed by atoms with Crippen LogP contribution in [-0.2, 0) is 4.84 Å². The monoisotopic (exact) mass is 300 g/mol. The molecular weight excluding hydrogens is 284 g/mol.